The van der Waals surface area contributed by atoms with Crippen LogP contribution in [-0.4, -0.2) is 27.8 Å². The first-order valence-corrected chi connectivity index (χ1v) is 5.41. The van der Waals surface area contributed by atoms with Crippen molar-refractivity contribution < 1.29 is 0 Å². The SMILES string of the molecule is Cn1cc([C@H]2CCCN2CCC#N)cn1. The lowest BCUT2D eigenvalue weighted by atomic mass is 10.1. The standard InChI is InChI=1S/C11H16N4/c1-14-9-10(8-13-14)11-4-2-6-15(11)7-3-5-12/h8-9,11H,2-4,6-7H2,1H3/t11-/m1/s1. The lowest BCUT2D eigenvalue weighted by molar-refractivity contribution is 0.263. The molecule has 15 heavy (non-hydrogen) atoms. The molecule has 4 heteroatoms. The molecular weight excluding hydrogens is 188 g/mol. The van der Waals surface area contributed by atoms with Crippen molar-refractivity contribution in [3.8, 4) is 6.07 Å². The van der Waals surface area contributed by atoms with Crippen LogP contribution < -0.4 is 0 Å². The molecule has 2 rings (SSSR count). The monoisotopic (exact) mass is 204 g/mol. The summed E-state index contributed by atoms with van der Waals surface area (Å²) in [4.78, 5) is 2.39. The van der Waals surface area contributed by atoms with Crippen molar-refractivity contribution in [2.24, 2.45) is 7.05 Å². The van der Waals surface area contributed by atoms with Crippen LogP contribution in [0.4, 0.5) is 0 Å². The Morgan fingerprint density at radius 2 is 2.53 bits per heavy atom. The number of aromatic nitrogens is 2. The van der Waals surface area contributed by atoms with Crippen LogP contribution in [0.3, 0.4) is 0 Å². The van der Waals surface area contributed by atoms with Gasteiger partial charge in [0.25, 0.3) is 0 Å². The summed E-state index contributed by atoms with van der Waals surface area (Å²) in [5.41, 5.74) is 1.29. The first-order valence-electron chi connectivity index (χ1n) is 5.41. The summed E-state index contributed by atoms with van der Waals surface area (Å²) in [7, 11) is 1.94. The number of nitrogens with zero attached hydrogens (tertiary/aromatic N) is 4. The zero-order valence-corrected chi connectivity index (χ0v) is 9.06. The van der Waals surface area contributed by atoms with E-state index in [4.69, 9.17) is 5.26 Å². The molecule has 1 aromatic heterocycles. The summed E-state index contributed by atoms with van der Waals surface area (Å²) in [6.45, 7) is 2.00. The van der Waals surface area contributed by atoms with Crippen molar-refractivity contribution in [3.05, 3.63) is 18.0 Å². The zero-order valence-electron chi connectivity index (χ0n) is 9.06. The van der Waals surface area contributed by atoms with Gasteiger partial charge in [0.15, 0.2) is 0 Å². The Balaban J connectivity index is 2.05. The van der Waals surface area contributed by atoms with E-state index in [-0.39, 0.29) is 0 Å². The fraction of sp³-hybridized carbons (Fsp3) is 0.636. The quantitative estimate of drug-likeness (QED) is 0.749. The summed E-state index contributed by atoms with van der Waals surface area (Å²) in [6.07, 6.45) is 7.06. The van der Waals surface area contributed by atoms with Gasteiger partial charge in [-0.2, -0.15) is 10.4 Å². The summed E-state index contributed by atoms with van der Waals surface area (Å²) in [5.74, 6) is 0. The molecule has 0 unspecified atom stereocenters. The molecule has 0 spiro atoms. The Labute approximate surface area is 90.1 Å². The van der Waals surface area contributed by atoms with Gasteiger partial charge in [0, 0.05) is 37.8 Å². The van der Waals surface area contributed by atoms with Crippen LogP contribution in [0, 0.1) is 11.3 Å². The molecule has 4 nitrogen and oxygen atoms in total. The predicted molar refractivity (Wildman–Crippen MR) is 57.0 cm³/mol. The van der Waals surface area contributed by atoms with Crippen LogP contribution in [0.2, 0.25) is 0 Å². The van der Waals surface area contributed by atoms with E-state index in [2.05, 4.69) is 22.3 Å². The molecule has 1 fully saturated rings. The number of likely N-dealkylation sites (tertiary alicyclic amines) is 1. The molecule has 0 amide bonds. The van der Waals surface area contributed by atoms with Crippen LogP contribution in [0.1, 0.15) is 30.9 Å². The van der Waals surface area contributed by atoms with Gasteiger partial charge in [-0.3, -0.25) is 9.58 Å². The number of hydrogen-bond donors (Lipinski definition) is 0. The first kappa shape index (κ1) is 10.2. The Bertz CT molecular complexity index is 363. The van der Waals surface area contributed by atoms with Crippen molar-refractivity contribution in [1.29, 1.82) is 5.26 Å². The number of hydrogen-bond acceptors (Lipinski definition) is 3. The van der Waals surface area contributed by atoms with Crippen molar-refractivity contribution in [2.75, 3.05) is 13.1 Å². The second-order valence-electron chi connectivity index (χ2n) is 4.05. The molecule has 0 bridgehead atoms. The third-order valence-corrected chi connectivity index (χ3v) is 2.98. The van der Waals surface area contributed by atoms with Gasteiger partial charge in [0.1, 0.15) is 0 Å². The van der Waals surface area contributed by atoms with Gasteiger partial charge in [-0.15, -0.1) is 0 Å². The molecule has 1 aliphatic rings. The second kappa shape index (κ2) is 4.45. The maximum Gasteiger partial charge on any atom is 0.0635 e. The van der Waals surface area contributed by atoms with E-state index in [1.807, 2.05) is 17.9 Å². The highest BCUT2D eigenvalue weighted by atomic mass is 15.3. The molecule has 2 heterocycles. The molecule has 80 valence electrons. The van der Waals surface area contributed by atoms with Crippen LogP contribution in [0.15, 0.2) is 12.4 Å². The molecule has 0 radical (unpaired) electrons. The van der Waals surface area contributed by atoms with Gasteiger partial charge < -0.3 is 0 Å². The Morgan fingerprint density at radius 1 is 1.67 bits per heavy atom. The van der Waals surface area contributed by atoms with E-state index in [0.29, 0.717) is 12.5 Å². The van der Waals surface area contributed by atoms with Crippen LogP contribution in [0.5, 0.6) is 0 Å². The smallest absolute Gasteiger partial charge is 0.0635 e. The molecule has 0 saturated carbocycles. The summed E-state index contributed by atoms with van der Waals surface area (Å²) in [5, 5.41) is 12.8. The average molecular weight is 204 g/mol. The topological polar surface area (TPSA) is 44.9 Å². The molecular formula is C11H16N4. The minimum Gasteiger partial charge on any atom is -0.295 e. The van der Waals surface area contributed by atoms with Crippen molar-refractivity contribution in [1.82, 2.24) is 14.7 Å². The number of aryl methyl sites for hydroxylation is 1. The fourth-order valence-electron chi connectivity index (χ4n) is 2.28. The van der Waals surface area contributed by atoms with Gasteiger partial charge in [0.05, 0.1) is 12.3 Å². The third-order valence-electron chi connectivity index (χ3n) is 2.98. The summed E-state index contributed by atoms with van der Waals surface area (Å²) >= 11 is 0. The van der Waals surface area contributed by atoms with Crippen LogP contribution in [-0.2, 0) is 7.05 Å². The van der Waals surface area contributed by atoms with E-state index >= 15 is 0 Å². The van der Waals surface area contributed by atoms with Gasteiger partial charge >= 0.3 is 0 Å². The van der Waals surface area contributed by atoms with E-state index in [1.165, 1.54) is 18.4 Å². The molecule has 1 aliphatic heterocycles. The normalized spacial score (nSPS) is 21.7. The summed E-state index contributed by atoms with van der Waals surface area (Å²) < 4.78 is 1.84. The van der Waals surface area contributed by atoms with Gasteiger partial charge in [-0.25, -0.2) is 0 Å². The third kappa shape index (κ3) is 2.18. The maximum absolute atomic E-state index is 8.59. The van der Waals surface area contributed by atoms with Gasteiger partial charge in [-0.05, 0) is 19.4 Å². The minimum atomic E-state index is 0.479. The van der Waals surface area contributed by atoms with E-state index in [9.17, 15) is 0 Å². The molecule has 1 aromatic rings. The zero-order chi connectivity index (χ0) is 10.7. The van der Waals surface area contributed by atoms with Gasteiger partial charge in [-0.1, -0.05) is 0 Å². The highest BCUT2D eigenvalue weighted by Gasteiger charge is 2.26. The van der Waals surface area contributed by atoms with E-state index in [1.54, 1.807) is 0 Å². The average Bonchev–Trinajstić information content (AvgIpc) is 2.82. The largest absolute Gasteiger partial charge is 0.295 e. The molecule has 0 aromatic carbocycles. The first-order chi connectivity index (χ1) is 7.31. The van der Waals surface area contributed by atoms with E-state index < -0.39 is 0 Å². The highest BCUT2D eigenvalue weighted by Crippen LogP contribution is 2.31. The second-order valence-corrected chi connectivity index (χ2v) is 4.05. The van der Waals surface area contributed by atoms with E-state index in [0.717, 1.165) is 13.1 Å². The number of nitriles is 1. The Morgan fingerprint density at radius 3 is 3.20 bits per heavy atom. The summed E-state index contributed by atoms with van der Waals surface area (Å²) in [6, 6.07) is 2.69. The molecule has 0 aliphatic carbocycles. The Hall–Kier alpha value is -1.34. The fourth-order valence-corrected chi connectivity index (χ4v) is 2.28. The number of rotatable bonds is 3. The Kier molecular flexibility index (Phi) is 3.02. The van der Waals surface area contributed by atoms with Crippen molar-refractivity contribution >= 4 is 0 Å². The predicted octanol–water partition coefficient (Wildman–Crippen LogP) is 1.47. The molecule has 0 N–H and O–H groups in total. The lowest BCUT2D eigenvalue weighted by Crippen LogP contribution is -2.23. The van der Waals surface area contributed by atoms with Gasteiger partial charge in [0.2, 0.25) is 0 Å². The highest BCUT2D eigenvalue weighted by molar-refractivity contribution is 5.12. The van der Waals surface area contributed by atoms with Crippen LogP contribution in [0.25, 0.3) is 0 Å². The minimum absolute atomic E-state index is 0.479. The molecule has 1 atom stereocenters. The van der Waals surface area contributed by atoms with Crippen LogP contribution >= 0.6 is 0 Å². The molecule has 1 saturated heterocycles. The lowest BCUT2D eigenvalue weighted by Gasteiger charge is -2.22. The van der Waals surface area contributed by atoms with Crippen molar-refractivity contribution in [3.63, 3.8) is 0 Å². The maximum atomic E-state index is 8.59. The van der Waals surface area contributed by atoms with Crippen molar-refractivity contribution in [2.45, 2.75) is 25.3 Å².